The molecule has 1 amide bonds. The molecule has 1 aliphatic heterocycles. The summed E-state index contributed by atoms with van der Waals surface area (Å²) in [6.07, 6.45) is 2.29. The van der Waals surface area contributed by atoms with Crippen LogP contribution in [0.25, 0.3) is 0 Å². The number of carbonyl (C=O) groups is 1. The van der Waals surface area contributed by atoms with Crippen molar-refractivity contribution >= 4 is 21.9 Å². The zero-order valence-electron chi connectivity index (χ0n) is 18.5. The SMILES string of the molecule is COc1ccc(Cc2nnc(NC(=O)c3ccc(S(=O)(=O)N4CCCC(C)C4)cc3)o2)cc1. The molecule has 1 saturated heterocycles. The van der Waals surface area contributed by atoms with Crippen LogP contribution in [0.2, 0.25) is 0 Å². The number of hydrogen-bond acceptors (Lipinski definition) is 7. The molecule has 0 radical (unpaired) electrons. The third-order valence-corrected chi connectivity index (χ3v) is 7.46. The maximum Gasteiger partial charge on any atom is 0.322 e. The van der Waals surface area contributed by atoms with Gasteiger partial charge in [-0.25, -0.2) is 8.42 Å². The number of anilines is 1. The number of aromatic nitrogens is 2. The highest BCUT2D eigenvalue weighted by Gasteiger charge is 2.28. The Morgan fingerprint density at radius 2 is 1.88 bits per heavy atom. The van der Waals surface area contributed by atoms with Crippen molar-refractivity contribution in [2.75, 3.05) is 25.5 Å². The minimum Gasteiger partial charge on any atom is -0.497 e. The summed E-state index contributed by atoms with van der Waals surface area (Å²) in [4.78, 5) is 12.7. The lowest BCUT2D eigenvalue weighted by molar-refractivity contribution is 0.102. The Morgan fingerprint density at radius 3 is 2.55 bits per heavy atom. The van der Waals surface area contributed by atoms with Crippen LogP contribution < -0.4 is 10.1 Å². The van der Waals surface area contributed by atoms with Crippen LogP contribution in [-0.2, 0) is 16.4 Å². The third-order valence-electron chi connectivity index (χ3n) is 5.58. The van der Waals surface area contributed by atoms with Gasteiger partial charge in [-0.05, 0) is 60.7 Å². The molecule has 1 unspecified atom stereocenters. The Bertz CT molecular complexity index is 1210. The van der Waals surface area contributed by atoms with Crippen molar-refractivity contribution in [2.45, 2.75) is 31.1 Å². The number of piperidine rings is 1. The van der Waals surface area contributed by atoms with Crippen LogP contribution in [-0.4, -0.2) is 49.0 Å². The van der Waals surface area contributed by atoms with Crippen molar-refractivity contribution in [1.82, 2.24) is 14.5 Å². The maximum atomic E-state index is 12.9. The fourth-order valence-corrected chi connectivity index (χ4v) is 5.35. The second-order valence-corrected chi connectivity index (χ2v) is 10.1. The topological polar surface area (TPSA) is 115 Å². The van der Waals surface area contributed by atoms with E-state index in [2.05, 4.69) is 22.4 Å². The van der Waals surface area contributed by atoms with Crippen molar-refractivity contribution in [3.63, 3.8) is 0 Å². The summed E-state index contributed by atoms with van der Waals surface area (Å²) in [6.45, 7) is 3.08. The largest absolute Gasteiger partial charge is 0.497 e. The first kappa shape index (κ1) is 22.9. The minimum atomic E-state index is -3.57. The Hall–Kier alpha value is -3.24. The summed E-state index contributed by atoms with van der Waals surface area (Å²) in [5.74, 6) is 0.974. The molecule has 10 heteroatoms. The molecule has 9 nitrogen and oxygen atoms in total. The number of nitrogens with one attached hydrogen (secondary N) is 1. The predicted octanol–water partition coefficient (Wildman–Crippen LogP) is 3.34. The lowest BCUT2D eigenvalue weighted by atomic mass is 10.0. The molecule has 1 aliphatic rings. The summed E-state index contributed by atoms with van der Waals surface area (Å²) in [6, 6.07) is 13.3. The van der Waals surface area contributed by atoms with Crippen molar-refractivity contribution < 1.29 is 22.4 Å². The number of rotatable bonds is 7. The van der Waals surface area contributed by atoms with Gasteiger partial charge in [0.25, 0.3) is 5.91 Å². The zero-order chi connectivity index (χ0) is 23.4. The van der Waals surface area contributed by atoms with E-state index in [0.717, 1.165) is 24.2 Å². The monoisotopic (exact) mass is 470 g/mol. The van der Waals surface area contributed by atoms with Crippen LogP contribution in [0, 0.1) is 5.92 Å². The van der Waals surface area contributed by atoms with E-state index < -0.39 is 15.9 Å². The average molecular weight is 471 g/mol. The van der Waals surface area contributed by atoms with Crippen LogP contribution in [0.1, 0.15) is 41.6 Å². The first-order chi connectivity index (χ1) is 15.8. The third kappa shape index (κ3) is 5.40. The molecule has 0 saturated carbocycles. The molecule has 2 heterocycles. The molecule has 0 aliphatic carbocycles. The molecule has 0 bridgehead atoms. The number of nitrogens with zero attached hydrogens (tertiary/aromatic N) is 3. The summed E-state index contributed by atoms with van der Waals surface area (Å²) in [5.41, 5.74) is 1.24. The molecule has 1 fully saturated rings. The van der Waals surface area contributed by atoms with Crippen LogP contribution in [0.5, 0.6) is 5.75 Å². The van der Waals surface area contributed by atoms with Gasteiger partial charge in [-0.15, -0.1) is 5.10 Å². The highest BCUT2D eigenvalue weighted by atomic mass is 32.2. The molecular formula is C23H26N4O5S. The van der Waals surface area contributed by atoms with E-state index in [1.165, 1.54) is 28.6 Å². The summed E-state index contributed by atoms with van der Waals surface area (Å²) in [7, 11) is -1.97. The highest BCUT2D eigenvalue weighted by Crippen LogP contribution is 2.24. The first-order valence-electron chi connectivity index (χ1n) is 10.7. The number of methoxy groups -OCH3 is 1. The number of hydrogen-bond donors (Lipinski definition) is 1. The number of sulfonamides is 1. The van der Waals surface area contributed by atoms with Crippen LogP contribution in [0.4, 0.5) is 6.01 Å². The lowest BCUT2D eigenvalue weighted by Gasteiger charge is -2.30. The van der Waals surface area contributed by atoms with Gasteiger partial charge in [0.05, 0.1) is 18.4 Å². The minimum absolute atomic E-state index is 0.0254. The van der Waals surface area contributed by atoms with E-state index in [9.17, 15) is 13.2 Å². The van der Waals surface area contributed by atoms with Gasteiger partial charge in [0.2, 0.25) is 15.9 Å². The van der Waals surface area contributed by atoms with Crippen LogP contribution in [0.3, 0.4) is 0 Å². The van der Waals surface area contributed by atoms with Crippen molar-refractivity contribution in [2.24, 2.45) is 5.92 Å². The van der Waals surface area contributed by atoms with E-state index >= 15 is 0 Å². The van der Waals surface area contributed by atoms with Gasteiger partial charge in [-0.3, -0.25) is 10.1 Å². The van der Waals surface area contributed by atoms with Gasteiger partial charge in [0, 0.05) is 18.7 Å². The van der Waals surface area contributed by atoms with E-state index in [-0.39, 0.29) is 16.5 Å². The van der Waals surface area contributed by atoms with Crippen LogP contribution >= 0.6 is 0 Å². The number of carbonyl (C=O) groups excluding carboxylic acids is 1. The zero-order valence-corrected chi connectivity index (χ0v) is 19.3. The van der Waals surface area contributed by atoms with Crippen LogP contribution in [0.15, 0.2) is 57.8 Å². The Balaban J connectivity index is 1.39. The van der Waals surface area contributed by atoms with E-state index in [1.54, 1.807) is 7.11 Å². The quantitative estimate of drug-likeness (QED) is 0.563. The van der Waals surface area contributed by atoms with E-state index in [4.69, 9.17) is 9.15 Å². The van der Waals surface area contributed by atoms with Gasteiger partial charge in [0.15, 0.2) is 0 Å². The molecule has 0 spiro atoms. The van der Waals surface area contributed by atoms with Gasteiger partial charge >= 0.3 is 6.01 Å². The second kappa shape index (κ2) is 9.72. The normalized spacial score (nSPS) is 17.0. The Kier molecular flexibility index (Phi) is 6.75. The molecule has 33 heavy (non-hydrogen) atoms. The molecule has 4 rings (SSSR count). The standard InChI is InChI=1S/C23H26N4O5S/c1-16-4-3-13-27(15-16)33(29,30)20-11-7-18(8-12-20)22(28)24-23-26-25-21(32-23)14-17-5-9-19(31-2)10-6-17/h5-12,16H,3-4,13-15H2,1-2H3,(H,24,26,28). The molecule has 174 valence electrons. The molecule has 2 aromatic carbocycles. The first-order valence-corrected chi connectivity index (χ1v) is 12.2. The van der Waals surface area contributed by atoms with E-state index in [1.807, 2.05) is 24.3 Å². The van der Waals surface area contributed by atoms with E-state index in [0.29, 0.717) is 31.3 Å². The van der Waals surface area contributed by atoms with Gasteiger partial charge in [-0.2, -0.15) is 4.31 Å². The molecular weight excluding hydrogens is 444 g/mol. The molecule has 1 aromatic heterocycles. The lowest BCUT2D eigenvalue weighted by Crippen LogP contribution is -2.39. The second-order valence-electron chi connectivity index (χ2n) is 8.11. The summed E-state index contributed by atoms with van der Waals surface area (Å²) >= 11 is 0. The predicted molar refractivity (Wildman–Crippen MR) is 122 cm³/mol. The van der Waals surface area contributed by atoms with Crippen molar-refractivity contribution in [1.29, 1.82) is 0 Å². The maximum absolute atomic E-state index is 12.9. The molecule has 3 aromatic rings. The molecule has 1 atom stereocenters. The smallest absolute Gasteiger partial charge is 0.322 e. The summed E-state index contributed by atoms with van der Waals surface area (Å²) in [5, 5.41) is 10.4. The number of amides is 1. The Morgan fingerprint density at radius 1 is 1.15 bits per heavy atom. The van der Waals surface area contributed by atoms with Gasteiger partial charge in [-0.1, -0.05) is 24.2 Å². The fraction of sp³-hybridized carbons (Fsp3) is 0.348. The van der Waals surface area contributed by atoms with Crippen molar-refractivity contribution in [3.8, 4) is 5.75 Å². The number of ether oxygens (including phenoxy) is 1. The van der Waals surface area contributed by atoms with Gasteiger partial charge in [0.1, 0.15) is 5.75 Å². The fourth-order valence-electron chi connectivity index (χ4n) is 3.75. The van der Waals surface area contributed by atoms with Crippen molar-refractivity contribution in [3.05, 3.63) is 65.5 Å². The number of benzene rings is 2. The van der Waals surface area contributed by atoms with Gasteiger partial charge < -0.3 is 9.15 Å². The summed E-state index contributed by atoms with van der Waals surface area (Å²) < 4.78 is 37.9. The Labute approximate surface area is 192 Å². The average Bonchev–Trinajstić information content (AvgIpc) is 3.26. The highest BCUT2D eigenvalue weighted by molar-refractivity contribution is 7.89. The molecule has 1 N–H and O–H groups in total.